The van der Waals surface area contributed by atoms with Gasteiger partial charge in [-0.15, -0.1) is 29.6 Å². The van der Waals surface area contributed by atoms with Gasteiger partial charge in [0.05, 0.1) is 24.0 Å². The van der Waals surface area contributed by atoms with E-state index in [-0.39, 0.29) is 11.7 Å². The molecule has 0 aliphatic carbocycles. The maximum absolute atomic E-state index is 13.2. The molecule has 0 bridgehead atoms. The minimum atomic E-state index is -4.76. The lowest BCUT2D eigenvalue weighted by atomic mass is 9.93. The van der Waals surface area contributed by atoms with Gasteiger partial charge in [-0.05, 0) is 80.3 Å². The van der Waals surface area contributed by atoms with E-state index in [1.807, 2.05) is 73.2 Å². The third-order valence-corrected chi connectivity index (χ3v) is 8.23. The molecule has 2 aromatic heterocycles. The van der Waals surface area contributed by atoms with Gasteiger partial charge in [0.1, 0.15) is 17.8 Å². The second kappa shape index (κ2) is 12.8. The normalized spacial score (nSPS) is 12.4. The molecule has 0 aliphatic heterocycles. The Morgan fingerprint density at radius 2 is 1.67 bits per heavy atom. The van der Waals surface area contributed by atoms with Crippen LogP contribution in [0.3, 0.4) is 0 Å². The summed E-state index contributed by atoms with van der Waals surface area (Å²) in [4.78, 5) is 22.6. The van der Waals surface area contributed by atoms with E-state index in [4.69, 9.17) is 4.74 Å². The Hall–Kier alpha value is -4.91. The van der Waals surface area contributed by atoms with Gasteiger partial charge in [-0.25, -0.2) is 14.5 Å². The predicted molar refractivity (Wildman–Crippen MR) is 170 cm³/mol. The van der Waals surface area contributed by atoms with Crippen LogP contribution in [0.4, 0.5) is 18.0 Å². The van der Waals surface area contributed by atoms with Crippen molar-refractivity contribution in [3.8, 4) is 34.3 Å². The van der Waals surface area contributed by atoms with E-state index < -0.39 is 17.9 Å². The van der Waals surface area contributed by atoms with Crippen LogP contribution in [-0.2, 0) is 5.54 Å². The van der Waals surface area contributed by atoms with Crippen molar-refractivity contribution < 1.29 is 27.4 Å². The number of thiazole rings is 1. The van der Waals surface area contributed by atoms with Crippen LogP contribution in [0.2, 0.25) is 0 Å². The van der Waals surface area contributed by atoms with Gasteiger partial charge in [-0.1, -0.05) is 38.1 Å². The van der Waals surface area contributed by atoms with Gasteiger partial charge in [0.15, 0.2) is 10.6 Å². The summed E-state index contributed by atoms with van der Waals surface area (Å²) in [5, 5.41) is 9.44. The zero-order chi connectivity index (χ0) is 33.2. The van der Waals surface area contributed by atoms with Crippen LogP contribution in [0.25, 0.3) is 22.8 Å². The molecule has 0 saturated carbocycles. The molecule has 2 heterocycles. The maximum atomic E-state index is 13.2. The van der Waals surface area contributed by atoms with Crippen LogP contribution in [0, 0.1) is 6.92 Å². The highest BCUT2D eigenvalue weighted by Gasteiger charge is 2.31. The van der Waals surface area contributed by atoms with Gasteiger partial charge in [0, 0.05) is 16.6 Å². The summed E-state index contributed by atoms with van der Waals surface area (Å²) in [6.07, 6.45) is -3.29. The second-order valence-electron chi connectivity index (χ2n) is 11.4. The van der Waals surface area contributed by atoms with E-state index in [1.165, 1.54) is 46.6 Å². The number of halogens is 3. The number of aromatic nitrogens is 4. The van der Waals surface area contributed by atoms with E-state index in [0.717, 1.165) is 33.8 Å². The molecule has 0 atom stereocenters. The number of urea groups is 1. The largest absolute Gasteiger partial charge is 0.573 e. The Morgan fingerprint density at radius 3 is 2.30 bits per heavy atom. The summed E-state index contributed by atoms with van der Waals surface area (Å²) in [7, 11) is 1.64. The summed E-state index contributed by atoms with van der Waals surface area (Å²) >= 11 is 1.39. The van der Waals surface area contributed by atoms with Crippen molar-refractivity contribution in [3.63, 3.8) is 0 Å². The summed E-state index contributed by atoms with van der Waals surface area (Å²) in [6, 6.07) is 18.2. The topological polar surface area (TPSA) is 95.6 Å². The average molecular weight is 651 g/mol. The number of aryl methyl sites for hydroxylation is 1. The molecule has 0 fully saturated rings. The highest BCUT2D eigenvalue weighted by Crippen LogP contribution is 2.29. The molecular weight excluding hydrogens is 617 g/mol. The van der Waals surface area contributed by atoms with E-state index in [2.05, 4.69) is 39.0 Å². The standard InChI is InChI=1S/C33H33F3N6O3S/c1-20(2)27-17-26(44-6)15-16-28(27)42-21(3)18-46-31(42)38-30(43)39-32(4,5)23-9-7-22(8-10-23)29-37-19-41(40-29)24-11-13-25(14-12-24)45-33(34,35)36/h7-20H,1-6H3,(H,39,43). The van der Waals surface area contributed by atoms with Gasteiger partial charge in [-0.3, -0.25) is 4.57 Å². The number of hydrogen-bond acceptors (Lipinski definition) is 6. The number of nitrogens with one attached hydrogen (secondary N) is 1. The number of ether oxygens (including phenoxy) is 2. The van der Waals surface area contributed by atoms with E-state index >= 15 is 0 Å². The number of carbonyl (C=O) groups excluding carboxylic acids is 1. The zero-order valence-corrected chi connectivity index (χ0v) is 26.9. The van der Waals surface area contributed by atoms with Crippen molar-refractivity contribution in [2.45, 2.75) is 52.4 Å². The van der Waals surface area contributed by atoms with Crippen molar-refractivity contribution in [2.75, 3.05) is 7.11 Å². The lowest BCUT2D eigenvalue weighted by molar-refractivity contribution is -0.274. The Balaban J connectivity index is 1.32. The lowest BCUT2D eigenvalue weighted by Gasteiger charge is -2.26. The quantitative estimate of drug-likeness (QED) is 0.186. The van der Waals surface area contributed by atoms with Gasteiger partial charge in [-0.2, -0.15) is 4.99 Å². The van der Waals surface area contributed by atoms with Crippen LogP contribution >= 0.6 is 11.3 Å². The smallest absolute Gasteiger partial charge is 0.497 e. The Labute approximate surface area is 268 Å². The van der Waals surface area contributed by atoms with Crippen LogP contribution in [0.5, 0.6) is 11.5 Å². The van der Waals surface area contributed by atoms with Crippen molar-refractivity contribution >= 4 is 17.4 Å². The summed E-state index contributed by atoms with van der Waals surface area (Å²) in [6.45, 7) is 9.98. The highest BCUT2D eigenvalue weighted by atomic mass is 32.1. The number of methoxy groups -OCH3 is 1. The van der Waals surface area contributed by atoms with E-state index in [0.29, 0.717) is 16.3 Å². The highest BCUT2D eigenvalue weighted by molar-refractivity contribution is 7.07. The van der Waals surface area contributed by atoms with Gasteiger partial charge >= 0.3 is 12.4 Å². The van der Waals surface area contributed by atoms with Crippen LogP contribution in [0.1, 0.15) is 50.4 Å². The van der Waals surface area contributed by atoms with E-state index in [9.17, 15) is 18.0 Å². The van der Waals surface area contributed by atoms with Gasteiger partial charge in [0.2, 0.25) is 0 Å². The van der Waals surface area contributed by atoms with E-state index in [1.54, 1.807) is 7.11 Å². The molecule has 46 heavy (non-hydrogen) atoms. The van der Waals surface area contributed by atoms with Crippen molar-refractivity contribution in [1.29, 1.82) is 0 Å². The summed E-state index contributed by atoms with van der Waals surface area (Å²) < 4.78 is 50.2. The first-order chi connectivity index (χ1) is 21.7. The number of alkyl halides is 3. The molecule has 13 heteroatoms. The fourth-order valence-corrected chi connectivity index (χ4v) is 5.76. The third-order valence-electron chi connectivity index (χ3n) is 7.28. The molecule has 0 unspecified atom stereocenters. The second-order valence-corrected chi connectivity index (χ2v) is 12.2. The summed E-state index contributed by atoms with van der Waals surface area (Å²) in [5.74, 6) is 1.09. The maximum Gasteiger partial charge on any atom is 0.573 e. The minimum Gasteiger partial charge on any atom is -0.497 e. The molecule has 0 radical (unpaired) electrons. The molecule has 0 saturated heterocycles. The van der Waals surface area contributed by atoms with Gasteiger partial charge in [0.25, 0.3) is 0 Å². The Kier molecular flexibility index (Phi) is 9.06. The molecular formula is C33H33F3N6O3S. The number of carbonyl (C=O) groups is 1. The first kappa shape index (κ1) is 32.5. The fraction of sp³-hybridized carbons (Fsp3) is 0.273. The predicted octanol–water partition coefficient (Wildman–Crippen LogP) is 7.67. The fourth-order valence-electron chi connectivity index (χ4n) is 4.90. The third kappa shape index (κ3) is 7.31. The molecule has 0 spiro atoms. The first-order valence-corrected chi connectivity index (χ1v) is 15.2. The molecule has 9 nitrogen and oxygen atoms in total. The first-order valence-electron chi connectivity index (χ1n) is 14.3. The zero-order valence-electron chi connectivity index (χ0n) is 26.1. The molecule has 1 N–H and O–H groups in total. The molecule has 0 aliphatic rings. The Bertz CT molecular complexity index is 1910. The molecule has 240 valence electrons. The van der Waals surface area contributed by atoms with Crippen molar-refractivity contribution in [3.05, 3.63) is 100 Å². The number of amides is 2. The number of nitrogens with zero attached hydrogens (tertiary/aromatic N) is 5. The number of rotatable bonds is 8. The SMILES string of the molecule is COc1ccc(-n2c(C)csc2=NC(=O)NC(C)(C)c2ccc(-c3ncn(-c4ccc(OC(F)(F)F)cc4)n3)cc2)c(C(C)C)c1. The average Bonchev–Trinajstić information content (AvgIpc) is 3.63. The minimum absolute atomic E-state index is 0.220. The van der Waals surface area contributed by atoms with Gasteiger partial charge < -0.3 is 14.8 Å². The van der Waals surface area contributed by atoms with Crippen molar-refractivity contribution in [1.82, 2.24) is 24.6 Å². The monoisotopic (exact) mass is 650 g/mol. The number of hydrogen-bond donors (Lipinski definition) is 1. The summed E-state index contributed by atoms with van der Waals surface area (Å²) in [5.41, 5.74) is 4.31. The molecule has 5 rings (SSSR count). The molecule has 2 amide bonds. The Morgan fingerprint density at radius 1 is 1.00 bits per heavy atom. The van der Waals surface area contributed by atoms with Crippen LogP contribution in [0.15, 0.2) is 83.4 Å². The molecule has 5 aromatic rings. The van der Waals surface area contributed by atoms with Crippen LogP contribution in [-0.4, -0.2) is 38.8 Å². The van der Waals surface area contributed by atoms with Crippen molar-refractivity contribution in [2.24, 2.45) is 4.99 Å². The lowest BCUT2D eigenvalue weighted by Crippen LogP contribution is -2.40. The number of benzene rings is 3. The molecule has 3 aromatic carbocycles. The van der Waals surface area contributed by atoms with Crippen LogP contribution < -0.4 is 19.6 Å².